The number of amides is 1. The largest absolute Gasteiger partial charge is 0.342 e. The zero-order valence-electron chi connectivity index (χ0n) is 9.47. The van der Waals surface area contributed by atoms with Gasteiger partial charge in [0.15, 0.2) is 0 Å². The normalized spacial score (nSPS) is 11.5. The first kappa shape index (κ1) is 11.7. The molecule has 0 spiro atoms. The molecule has 5 nitrogen and oxygen atoms in total. The minimum absolute atomic E-state index is 0.0605. The summed E-state index contributed by atoms with van der Waals surface area (Å²) in [6.07, 6.45) is 3.58. The molecule has 84 valence electrons. The van der Waals surface area contributed by atoms with Gasteiger partial charge in [-0.05, 0) is 19.9 Å². The third-order valence-corrected chi connectivity index (χ3v) is 2.12. The number of hydrogen-bond donors (Lipinski definition) is 1. The molecule has 0 aliphatic carbocycles. The zero-order chi connectivity index (χ0) is 11.5. The van der Waals surface area contributed by atoms with E-state index in [0.29, 0.717) is 13.1 Å². The molecule has 0 atom stereocenters. The second-order valence-electron chi connectivity index (χ2n) is 4.22. The fraction of sp³-hybridized carbons (Fsp3) is 0.600. The van der Waals surface area contributed by atoms with Gasteiger partial charge in [-0.25, -0.2) is 0 Å². The van der Waals surface area contributed by atoms with Crippen molar-refractivity contribution in [3.05, 3.63) is 18.5 Å². The summed E-state index contributed by atoms with van der Waals surface area (Å²) in [5.74, 6) is -0.0605. The minimum Gasteiger partial charge on any atom is -0.342 e. The molecule has 0 aromatic carbocycles. The first-order valence-corrected chi connectivity index (χ1v) is 4.93. The third-order valence-electron chi connectivity index (χ3n) is 2.12. The molecule has 1 aromatic rings. The van der Waals surface area contributed by atoms with Gasteiger partial charge in [0.25, 0.3) is 0 Å². The molecular weight excluding hydrogens is 192 g/mol. The summed E-state index contributed by atoms with van der Waals surface area (Å²) in [7, 11) is 1.75. The molecule has 1 amide bonds. The van der Waals surface area contributed by atoms with E-state index in [9.17, 15) is 4.79 Å². The van der Waals surface area contributed by atoms with Gasteiger partial charge in [-0.15, -0.1) is 0 Å². The number of carbonyl (C=O) groups is 1. The van der Waals surface area contributed by atoms with Gasteiger partial charge in [0.1, 0.15) is 0 Å². The smallest absolute Gasteiger partial charge is 0.241 e. The van der Waals surface area contributed by atoms with Crippen LogP contribution in [0.3, 0.4) is 0 Å². The molecule has 1 heterocycles. The number of nitrogens with two attached hydrogens (primary N) is 1. The molecule has 0 saturated carbocycles. The molecule has 1 aromatic heterocycles. The Kier molecular flexibility index (Phi) is 3.47. The van der Waals surface area contributed by atoms with Gasteiger partial charge in [0.05, 0.1) is 12.1 Å². The monoisotopic (exact) mass is 210 g/mol. The predicted octanol–water partition coefficient (Wildman–Crippen LogP) is 0.0788. The van der Waals surface area contributed by atoms with Crippen molar-refractivity contribution in [3.63, 3.8) is 0 Å². The molecular formula is C10H18N4O. The molecule has 0 fully saturated rings. The summed E-state index contributed by atoms with van der Waals surface area (Å²) < 4.78 is 1.79. The molecule has 0 saturated heterocycles. The molecule has 0 radical (unpaired) electrons. The van der Waals surface area contributed by atoms with Gasteiger partial charge in [0.2, 0.25) is 5.91 Å². The maximum Gasteiger partial charge on any atom is 0.241 e. The van der Waals surface area contributed by atoms with Crippen molar-refractivity contribution in [1.29, 1.82) is 0 Å². The number of rotatable bonds is 4. The average molecular weight is 210 g/mol. The molecule has 0 bridgehead atoms. The van der Waals surface area contributed by atoms with Crippen LogP contribution >= 0.6 is 0 Å². The Morgan fingerprint density at radius 1 is 1.60 bits per heavy atom. The van der Waals surface area contributed by atoms with Gasteiger partial charge in [-0.1, -0.05) is 0 Å². The summed E-state index contributed by atoms with van der Waals surface area (Å²) in [5, 5.41) is 4.06. The van der Waals surface area contributed by atoms with Crippen molar-refractivity contribution < 1.29 is 4.79 Å². The van der Waals surface area contributed by atoms with E-state index in [0.717, 1.165) is 0 Å². The molecule has 0 aliphatic rings. The maximum absolute atomic E-state index is 11.7. The van der Waals surface area contributed by atoms with Crippen LogP contribution in [0.2, 0.25) is 0 Å². The topological polar surface area (TPSA) is 64.2 Å². The number of carbonyl (C=O) groups excluding carboxylic acids is 1. The number of aromatic nitrogens is 2. The van der Waals surface area contributed by atoms with E-state index in [1.54, 1.807) is 36.7 Å². The van der Waals surface area contributed by atoms with Crippen LogP contribution in [-0.2, 0) is 11.3 Å². The van der Waals surface area contributed by atoms with Gasteiger partial charge in [-0.2, -0.15) is 5.10 Å². The van der Waals surface area contributed by atoms with Crippen molar-refractivity contribution in [2.24, 2.45) is 5.73 Å². The summed E-state index contributed by atoms with van der Waals surface area (Å²) in [6.45, 7) is 4.71. The average Bonchev–Trinajstić information content (AvgIpc) is 2.63. The quantitative estimate of drug-likeness (QED) is 0.765. The van der Waals surface area contributed by atoms with Gasteiger partial charge in [-0.3, -0.25) is 9.48 Å². The van der Waals surface area contributed by atoms with E-state index >= 15 is 0 Å². The van der Waals surface area contributed by atoms with E-state index < -0.39 is 5.54 Å². The molecule has 15 heavy (non-hydrogen) atoms. The van der Waals surface area contributed by atoms with Crippen molar-refractivity contribution >= 4 is 5.91 Å². The predicted molar refractivity (Wildman–Crippen MR) is 58.1 cm³/mol. The van der Waals surface area contributed by atoms with Gasteiger partial charge in [0, 0.05) is 26.0 Å². The van der Waals surface area contributed by atoms with E-state index in [-0.39, 0.29) is 5.91 Å². The van der Waals surface area contributed by atoms with Crippen LogP contribution in [0.4, 0.5) is 0 Å². The Morgan fingerprint density at radius 3 is 2.73 bits per heavy atom. The standard InChI is InChI=1S/C10H18N4O/c1-10(2,11)9(15)13(3)7-8-14-6-4-5-12-14/h4-6H,7-8,11H2,1-3H3. The molecule has 1 rings (SSSR count). The van der Waals surface area contributed by atoms with Crippen LogP contribution in [0, 0.1) is 0 Å². The SMILES string of the molecule is CN(CCn1cccn1)C(=O)C(C)(C)N. The van der Waals surface area contributed by atoms with Crippen LogP contribution in [0.25, 0.3) is 0 Å². The van der Waals surface area contributed by atoms with E-state index in [2.05, 4.69) is 5.10 Å². The third kappa shape index (κ3) is 3.36. The highest BCUT2D eigenvalue weighted by Crippen LogP contribution is 2.02. The zero-order valence-corrected chi connectivity index (χ0v) is 9.47. The lowest BCUT2D eigenvalue weighted by molar-refractivity contribution is -0.134. The van der Waals surface area contributed by atoms with Crippen molar-refractivity contribution in [1.82, 2.24) is 14.7 Å². The van der Waals surface area contributed by atoms with Crippen molar-refractivity contribution in [3.8, 4) is 0 Å². The number of hydrogen-bond acceptors (Lipinski definition) is 3. The highest BCUT2D eigenvalue weighted by Gasteiger charge is 2.25. The summed E-state index contributed by atoms with van der Waals surface area (Å²) in [6, 6.07) is 1.86. The molecule has 2 N–H and O–H groups in total. The minimum atomic E-state index is -0.807. The van der Waals surface area contributed by atoms with Gasteiger partial charge >= 0.3 is 0 Å². The summed E-state index contributed by atoms with van der Waals surface area (Å²) in [5.41, 5.74) is 4.91. The highest BCUT2D eigenvalue weighted by molar-refractivity contribution is 5.84. The Labute approximate surface area is 89.9 Å². The maximum atomic E-state index is 11.7. The lowest BCUT2D eigenvalue weighted by Crippen LogP contribution is -2.50. The lowest BCUT2D eigenvalue weighted by atomic mass is 10.1. The van der Waals surface area contributed by atoms with Crippen molar-refractivity contribution in [2.75, 3.05) is 13.6 Å². The van der Waals surface area contributed by atoms with Crippen LogP contribution in [0.15, 0.2) is 18.5 Å². The van der Waals surface area contributed by atoms with Crippen molar-refractivity contribution in [2.45, 2.75) is 25.9 Å². The van der Waals surface area contributed by atoms with E-state index in [4.69, 9.17) is 5.73 Å². The van der Waals surface area contributed by atoms with Crippen LogP contribution in [-0.4, -0.2) is 39.7 Å². The lowest BCUT2D eigenvalue weighted by Gasteiger charge is -2.25. The first-order chi connectivity index (χ1) is 6.91. The van der Waals surface area contributed by atoms with Crippen LogP contribution in [0.1, 0.15) is 13.8 Å². The highest BCUT2D eigenvalue weighted by atomic mass is 16.2. The van der Waals surface area contributed by atoms with E-state index in [1.165, 1.54) is 0 Å². The van der Waals surface area contributed by atoms with E-state index in [1.807, 2.05) is 12.3 Å². The first-order valence-electron chi connectivity index (χ1n) is 4.93. The Balaban J connectivity index is 2.43. The summed E-state index contributed by atoms with van der Waals surface area (Å²) >= 11 is 0. The second kappa shape index (κ2) is 4.44. The number of nitrogens with zero attached hydrogens (tertiary/aromatic N) is 3. The fourth-order valence-corrected chi connectivity index (χ4v) is 1.28. The summed E-state index contributed by atoms with van der Waals surface area (Å²) in [4.78, 5) is 13.3. The van der Waals surface area contributed by atoms with Crippen LogP contribution in [0.5, 0.6) is 0 Å². The molecule has 0 aliphatic heterocycles. The fourth-order valence-electron chi connectivity index (χ4n) is 1.28. The van der Waals surface area contributed by atoms with Gasteiger partial charge < -0.3 is 10.6 Å². The number of likely N-dealkylation sites (N-methyl/N-ethyl adjacent to an activating group) is 1. The second-order valence-corrected chi connectivity index (χ2v) is 4.22. The Hall–Kier alpha value is -1.36. The molecule has 0 unspecified atom stereocenters. The Morgan fingerprint density at radius 2 is 2.27 bits per heavy atom. The Bertz CT molecular complexity index is 313. The van der Waals surface area contributed by atoms with Crippen LogP contribution < -0.4 is 5.73 Å². The molecule has 5 heteroatoms.